The number of urea groups is 1. The second kappa shape index (κ2) is 5.78. The second-order valence-electron chi connectivity index (χ2n) is 5.12. The summed E-state index contributed by atoms with van der Waals surface area (Å²) in [5.74, 6) is 0.218. The molecule has 20 heavy (non-hydrogen) atoms. The number of nitrogens with zero attached hydrogens (tertiary/aromatic N) is 2. The third-order valence-corrected chi connectivity index (χ3v) is 5.37. The summed E-state index contributed by atoms with van der Waals surface area (Å²) in [7, 11) is -1.35. The lowest BCUT2D eigenvalue weighted by Crippen LogP contribution is -2.44. The van der Waals surface area contributed by atoms with Gasteiger partial charge in [0.25, 0.3) is 0 Å². The van der Waals surface area contributed by atoms with Crippen LogP contribution in [0.1, 0.15) is 24.9 Å². The highest BCUT2D eigenvalue weighted by Gasteiger charge is 2.33. The van der Waals surface area contributed by atoms with Crippen LogP contribution in [0.2, 0.25) is 0 Å². The van der Waals surface area contributed by atoms with Crippen molar-refractivity contribution < 1.29 is 13.2 Å². The fourth-order valence-corrected chi connectivity index (χ4v) is 4.04. The zero-order chi connectivity index (χ0) is 14.8. The van der Waals surface area contributed by atoms with Crippen molar-refractivity contribution >= 4 is 15.9 Å². The maximum absolute atomic E-state index is 12.1. The smallest absolute Gasteiger partial charge is 0.317 e. The molecule has 2 heterocycles. The molecule has 0 aliphatic carbocycles. The van der Waals surface area contributed by atoms with Crippen molar-refractivity contribution in [2.24, 2.45) is 0 Å². The average molecular weight is 297 g/mol. The second-order valence-corrected chi connectivity index (χ2v) is 7.35. The van der Waals surface area contributed by atoms with E-state index in [1.165, 1.54) is 4.90 Å². The number of sulfone groups is 1. The number of aromatic nitrogens is 1. The van der Waals surface area contributed by atoms with Gasteiger partial charge in [-0.2, -0.15) is 0 Å². The summed E-state index contributed by atoms with van der Waals surface area (Å²) in [4.78, 5) is 17.5. The molecule has 0 aromatic carbocycles. The zero-order valence-electron chi connectivity index (χ0n) is 11.6. The van der Waals surface area contributed by atoms with E-state index in [0.717, 1.165) is 5.56 Å². The molecule has 6 nitrogen and oxygen atoms in total. The van der Waals surface area contributed by atoms with E-state index in [1.54, 1.807) is 19.4 Å². The summed E-state index contributed by atoms with van der Waals surface area (Å²) in [6, 6.07) is 3.04. The minimum absolute atomic E-state index is 0.0561. The molecule has 0 bridgehead atoms. The van der Waals surface area contributed by atoms with Crippen molar-refractivity contribution in [2.75, 3.05) is 18.6 Å². The maximum atomic E-state index is 12.1. The van der Waals surface area contributed by atoms with E-state index in [-0.39, 0.29) is 29.6 Å². The molecule has 7 heteroatoms. The largest absolute Gasteiger partial charge is 0.331 e. The van der Waals surface area contributed by atoms with Gasteiger partial charge in [0.1, 0.15) is 0 Å². The number of pyridine rings is 1. The molecule has 0 spiro atoms. The van der Waals surface area contributed by atoms with Crippen LogP contribution >= 0.6 is 0 Å². The normalized spacial score (nSPS) is 22.2. The molecule has 2 atom stereocenters. The van der Waals surface area contributed by atoms with Gasteiger partial charge in [0, 0.05) is 25.5 Å². The molecule has 1 fully saturated rings. The van der Waals surface area contributed by atoms with Crippen LogP contribution in [0.4, 0.5) is 4.79 Å². The van der Waals surface area contributed by atoms with Crippen molar-refractivity contribution in [1.82, 2.24) is 15.2 Å². The number of amides is 2. The number of hydrogen-bond donors (Lipinski definition) is 1. The van der Waals surface area contributed by atoms with Crippen LogP contribution in [-0.2, 0) is 9.84 Å². The Bertz CT molecular complexity index is 574. The van der Waals surface area contributed by atoms with Crippen molar-refractivity contribution in [2.45, 2.75) is 25.4 Å². The summed E-state index contributed by atoms with van der Waals surface area (Å²) in [5, 5.41) is 2.86. The minimum atomic E-state index is -2.98. The Labute approximate surface area is 119 Å². The van der Waals surface area contributed by atoms with Gasteiger partial charge in [-0.1, -0.05) is 0 Å². The van der Waals surface area contributed by atoms with Gasteiger partial charge < -0.3 is 10.2 Å². The first kappa shape index (κ1) is 14.8. The fourth-order valence-electron chi connectivity index (χ4n) is 2.27. The van der Waals surface area contributed by atoms with Crippen molar-refractivity contribution in [3.63, 3.8) is 0 Å². The Balaban J connectivity index is 1.95. The number of hydrogen-bond acceptors (Lipinski definition) is 4. The fraction of sp³-hybridized carbons (Fsp3) is 0.538. The lowest BCUT2D eigenvalue weighted by molar-refractivity contribution is 0.192. The highest BCUT2D eigenvalue weighted by molar-refractivity contribution is 7.91. The number of rotatable bonds is 3. The van der Waals surface area contributed by atoms with Crippen LogP contribution < -0.4 is 5.32 Å². The van der Waals surface area contributed by atoms with Gasteiger partial charge in [-0.3, -0.25) is 4.98 Å². The summed E-state index contributed by atoms with van der Waals surface area (Å²) < 4.78 is 22.9. The lowest BCUT2D eigenvalue weighted by Gasteiger charge is -2.26. The SMILES string of the molecule is C[C@@H](NC(=O)N(C)[C@@H]1CCS(=O)(=O)C1)c1ccncc1. The van der Waals surface area contributed by atoms with E-state index in [9.17, 15) is 13.2 Å². The Kier molecular flexibility index (Phi) is 4.27. The monoisotopic (exact) mass is 297 g/mol. The van der Waals surface area contributed by atoms with Gasteiger partial charge in [-0.15, -0.1) is 0 Å². The quantitative estimate of drug-likeness (QED) is 0.901. The molecule has 1 aromatic heterocycles. The minimum Gasteiger partial charge on any atom is -0.331 e. The first-order valence-corrected chi connectivity index (χ1v) is 8.35. The van der Waals surface area contributed by atoms with Crippen LogP contribution in [0.15, 0.2) is 24.5 Å². The van der Waals surface area contributed by atoms with Gasteiger partial charge in [-0.25, -0.2) is 13.2 Å². The predicted molar refractivity (Wildman–Crippen MR) is 76.0 cm³/mol. The standard InChI is InChI=1S/C13H19N3O3S/c1-10(11-3-6-14-7-4-11)15-13(17)16(2)12-5-8-20(18,19)9-12/h3-4,6-7,10,12H,5,8-9H2,1-2H3,(H,15,17)/t10-,12-/m1/s1. The van der Waals surface area contributed by atoms with Gasteiger partial charge in [-0.05, 0) is 31.0 Å². The van der Waals surface area contributed by atoms with Crippen molar-refractivity contribution in [1.29, 1.82) is 0 Å². The van der Waals surface area contributed by atoms with Crippen LogP contribution in [0.25, 0.3) is 0 Å². The molecule has 0 saturated carbocycles. The van der Waals surface area contributed by atoms with E-state index in [2.05, 4.69) is 10.3 Å². The lowest BCUT2D eigenvalue weighted by atomic mass is 10.1. The van der Waals surface area contributed by atoms with Gasteiger partial charge in [0.15, 0.2) is 9.84 Å². The topological polar surface area (TPSA) is 79.4 Å². The Morgan fingerprint density at radius 2 is 2.10 bits per heavy atom. The van der Waals surface area contributed by atoms with Gasteiger partial charge in [0.2, 0.25) is 0 Å². The molecule has 0 unspecified atom stereocenters. The van der Waals surface area contributed by atoms with E-state index in [4.69, 9.17) is 0 Å². The molecular weight excluding hydrogens is 278 g/mol. The third-order valence-electron chi connectivity index (χ3n) is 3.62. The molecule has 1 N–H and O–H groups in total. The Hall–Kier alpha value is -1.63. The molecule has 2 rings (SSSR count). The average Bonchev–Trinajstić information content (AvgIpc) is 2.79. The van der Waals surface area contributed by atoms with Crippen LogP contribution in [0, 0.1) is 0 Å². The van der Waals surface area contributed by atoms with Crippen LogP contribution in [-0.4, -0.2) is 48.9 Å². The number of carbonyl (C=O) groups is 1. The first-order chi connectivity index (χ1) is 9.39. The molecule has 1 aliphatic heterocycles. The zero-order valence-corrected chi connectivity index (χ0v) is 12.4. The highest BCUT2D eigenvalue weighted by Crippen LogP contribution is 2.17. The van der Waals surface area contributed by atoms with E-state index >= 15 is 0 Å². The van der Waals surface area contributed by atoms with E-state index in [1.807, 2.05) is 19.1 Å². The van der Waals surface area contributed by atoms with Crippen LogP contribution in [0.3, 0.4) is 0 Å². The van der Waals surface area contributed by atoms with E-state index < -0.39 is 9.84 Å². The first-order valence-electron chi connectivity index (χ1n) is 6.53. The summed E-state index contributed by atoms with van der Waals surface area (Å²) in [6.45, 7) is 1.88. The van der Waals surface area contributed by atoms with Gasteiger partial charge >= 0.3 is 6.03 Å². The number of nitrogens with one attached hydrogen (secondary N) is 1. The van der Waals surface area contributed by atoms with Crippen molar-refractivity contribution in [3.05, 3.63) is 30.1 Å². The predicted octanol–water partition coefficient (Wildman–Crippen LogP) is 0.971. The molecule has 0 radical (unpaired) electrons. The molecule has 110 valence electrons. The summed E-state index contributed by atoms with van der Waals surface area (Å²) in [5.41, 5.74) is 0.959. The molecule has 1 aromatic rings. The number of carbonyl (C=O) groups excluding carboxylic acids is 1. The van der Waals surface area contributed by atoms with Crippen molar-refractivity contribution in [3.8, 4) is 0 Å². The summed E-state index contributed by atoms with van der Waals surface area (Å²) in [6.07, 6.45) is 3.85. The molecule has 1 aliphatic rings. The highest BCUT2D eigenvalue weighted by atomic mass is 32.2. The van der Waals surface area contributed by atoms with Crippen LogP contribution in [0.5, 0.6) is 0 Å². The Morgan fingerprint density at radius 1 is 1.45 bits per heavy atom. The van der Waals surface area contributed by atoms with Gasteiger partial charge in [0.05, 0.1) is 17.5 Å². The maximum Gasteiger partial charge on any atom is 0.317 e. The molecular formula is C13H19N3O3S. The molecule has 2 amide bonds. The third kappa shape index (κ3) is 3.47. The summed E-state index contributed by atoms with van der Waals surface area (Å²) >= 11 is 0. The van der Waals surface area contributed by atoms with E-state index in [0.29, 0.717) is 6.42 Å². The Morgan fingerprint density at radius 3 is 2.65 bits per heavy atom. The molecule has 1 saturated heterocycles.